The molecule has 0 aliphatic rings. The van der Waals surface area contributed by atoms with Gasteiger partial charge in [-0.3, -0.25) is 24.0 Å². The van der Waals surface area contributed by atoms with Crippen LogP contribution in [-0.2, 0) is 11.3 Å². The third kappa shape index (κ3) is 5.30. The van der Waals surface area contributed by atoms with E-state index in [4.69, 9.17) is 24.7 Å². The zero-order chi connectivity index (χ0) is 25.5. The molecule has 0 fully saturated rings. The number of rotatable bonds is 10. The molecule has 0 radical (unpaired) electrons. The minimum atomic E-state index is -0.797. The summed E-state index contributed by atoms with van der Waals surface area (Å²) in [5.74, 6) is 0.0994. The van der Waals surface area contributed by atoms with E-state index in [0.717, 1.165) is 5.56 Å². The quantitative estimate of drug-likeness (QED) is 0.441. The number of benzene rings is 2. The smallest absolute Gasteiger partial charge is 0.330 e. The molecular formula is C24H28N4O7. The Morgan fingerprint density at radius 1 is 1.00 bits per heavy atom. The van der Waals surface area contributed by atoms with E-state index in [9.17, 15) is 14.4 Å². The first-order valence-electron chi connectivity index (χ1n) is 10.6. The third-order valence-electron chi connectivity index (χ3n) is 5.34. The standard InChI is InChI=1S/C24H28N4O7/c1-32-11-10-27(23(30)16-12-17(33-2)20(35-4)18(13-16)34-3)19-21(25)28(24(31)26-22(19)29)14-15-8-6-5-7-9-15/h5-9,12-13H,10-11,14,25H2,1-4H3,(H,26,29,31). The van der Waals surface area contributed by atoms with Gasteiger partial charge in [0.15, 0.2) is 17.2 Å². The van der Waals surface area contributed by atoms with Crippen LogP contribution in [0.25, 0.3) is 0 Å². The van der Waals surface area contributed by atoms with Gasteiger partial charge in [-0.05, 0) is 17.7 Å². The van der Waals surface area contributed by atoms with E-state index in [1.807, 2.05) is 30.3 Å². The highest BCUT2D eigenvalue weighted by Crippen LogP contribution is 2.38. The number of methoxy groups -OCH3 is 4. The SMILES string of the molecule is COCCN(C(=O)c1cc(OC)c(OC)c(OC)c1)c1c(N)n(Cc2ccccc2)c(=O)[nH]c1=O. The molecule has 0 saturated carbocycles. The van der Waals surface area contributed by atoms with Gasteiger partial charge in [0.1, 0.15) is 5.82 Å². The van der Waals surface area contributed by atoms with Crippen molar-refractivity contribution in [1.29, 1.82) is 0 Å². The topological polar surface area (TPSA) is 138 Å². The van der Waals surface area contributed by atoms with Crippen LogP contribution in [0, 0.1) is 0 Å². The van der Waals surface area contributed by atoms with E-state index in [1.54, 1.807) is 0 Å². The summed E-state index contributed by atoms with van der Waals surface area (Å²) in [7, 11) is 5.77. The summed E-state index contributed by atoms with van der Waals surface area (Å²) in [5, 5.41) is 0. The molecule has 0 unspecified atom stereocenters. The molecule has 186 valence electrons. The number of aromatic nitrogens is 2. The second-order valence-corrected chi connectivity index (χ2v) is 7.43. The van der Waals surface area contributed by atoms with E-state index in [0.29, 0.717) is 5.75 Å². The molecule has 3 rings (SSSR count). The molecule has 0 spiro atoms. The van der Waals surface area contributed by atoms with E-state index in [1.165, 1.54) is 50.0 Å². The van der Waals surface area contributed by atoms with Gasteiger partial charge in [0.2, 0.25) is 5.75 Å². The lowest BCUT2D eigenvalue weighted by Gasteiger charge is -2.25. The highest BCUT2D eigenvalue weighted by Gasteiger charge is 2.27. The number of hydrogen-bond donors (Lipinski definition) is 2. The van der Waals surface area contributed by atoms with Crippen LogP contribution in [-0.4, -0.2) is 57.0 Å². The summed E-state index contributed by atoms with van der Waals surface area (Å²) in [6.07, 6.45) is 0. The Hall–Kier alpha value is -4.25. The number of nitrogens with one attached hydrogen (secondary N) is 1. The predicted octanol–water partition coefficient (Wildman–Crippen LogP) is 1.49. The van der Waals surface area contributed by atoms with Crippen molar-refractivity contribution < 1.29 is 23.7 Å². The first kappa shape index (κ1) is 25.4. The van der Waals surface area contributed by atoms with Gasteiger partial charge in [-0.15, -0.1) is 0 Å². The number of amides is 1. The van der Waals surface area contributed by atoms with Crippen molar-refractivity contribution in [2.45, 2.75) is 6.54 Å². The third-order valence-corrected chi connectivity index (χ3v) is 5.34. The highest BCUT2D eigenvalue weighted by atomic mass is 16.5. The van der Waals surface area contributed by atoms with E-state index in [-0.39, 0.29) is 48.3 Å². The Morgan fingerprint density at radius 3 is 2.17 bits per heavy atom. The Bertz CT molecular complexity index is 1280. The van der Waals surface area contributed by atoms with Crippen LogP contribution in [0.2, 0.25) is 0 Å². The number of H-pyrrole nitrogens is 1. The molecule has 3 N–H and O–H groups in total. The summed E-state index contributed by atoms with van der Waals surface area (Å²) < 4.78 is 22.4. The number of ether oxygens (including phenoxy) is 4. The summed E-state index contributed by atoms with van der Waals surface area (Å²) in [4.78, 5) is 42.6. The van der Waals surface area contributed by atoms with Crippen molar-refractivity contribution in [2.75, 3.05) is 52.2 Å². The van der Waals surface area contributed by atoms with Crippen molar-refractivity contribution in [3.63, 3.8) is 0 Å². The van der Waals surface area contributed by atoms with Gasteiger partial charge in [0.25, 0.3) is 11.5 Å². The molecule has 1 heterocycles. The lowest BCUT2D eigenvalue weighted by atomic mass is 10.1. The monoisotopic (exact) mass is 484 g/mol. The van der Waals surface area contributed by atoms with Crippen LogP contribution in [0.1, 0.15) is 15.9 Å². The molecule has 11 heteroatoms. The lowest BCUT2D eigenvalue weighted by molar-refractivity contribution is 0.0974. The van der Waals surface area contributed by atoms with Crippen LogP contribution < -0.4 is 36.1 Å². The largest absolute Gasteiger partial charge is 0.493 e. The molecule has 0 aliphatic carbocycles. The van der Waals surface area contributed by atoms with Crippen molar-refractivity contribution in [3.8, 4) is 17.2 Å². The summed E-state index contributed by atoms with van der Waals surface area (Å²) in [6.45, 7) is 0.196. The van der Waals surface area contributed by atoms with E-state index >= 15 is 0 Å². The van der Waals surface area contributed by atoms with Crippen molar-refractivity contribution in [1.82, 2.24) is 9.55 Å². The normalized spacial score (nSPS) is 10.6. The minimum absolute atomic E-state index is 0.0111. The number of nitrogens with two attached hydrogens (primary N) is 1. The van der Waals surface area contributed by atoms with Crippen molar-refractivity contribution >= 4 is 17.4 Å². The molecule has 0 bridgehead atoms. The maximum absolute atomic E-state index is 13.7. The molecule has 0 saturated heterocycles. The zero-order valence-corrected chi connectivity index (χ0v) is 20.0. The van der Waals surface area contributed by atoms with Crippen LogP contribution >= 0.6 is 0 Å². The van der Waals surface area contributed by atoms with Gasteiger partial charge >= 0.3 is 5.69 Å². The fourth-order valence-electron chi connectivity index (χ4n) is 3.62. The second kappa shape index (κ2) is 11.3. The average molecular weight is 485 g/mol. The first-order valence-corrected chi connectivity index (χ1v) is 10.6. The fraction of sp³-hybridized carbons (Fsp3) is 0.292. The van der Waals surface area contributed by atoms with Crippen LogP contribution in [0.4, 0.5) is 11.5 Å². The van der Waals surface area contributed by atoms with Gasteiger partial charge in [0.05, 0.1) is 34.5 Å². The molecule has 1 amide bonds. The number of aromatic amines is 1. The van der Waals surface area contributed by atoms with Crippen molar-refractivity contribution in [2.24, 2.45) is 0 Å². The minimum Gasteiger partial charge on any atom is -0.493 e. The van der Waals surface area contributed by atoms with Crippen LogP contribution in [0.3, 0.4) is 0 Å². The number of nitrogen functional groups attached to an aromatic ring is 1. The highest BCUT2D eigenvalue weighted by molar-refractivity contribution is 6.08. The molecule has 3 aromatic rings. The lowest BCUT2D eigenvalue weighted by Crippen LogP contribution is -2.42. The summed E-state index contributed by atoms with van der Waals surface area (Å²) in [5.41, 5.74) is 5.60. The molecule has 2 aromatic carbocycles. The number of carbonyl (C=O) groups is 1. The van der Waals surface area contributed by atoms with Crippen LogP contribution in [0.5, 0.6) is 17.2 Å². The Balaban J connectivity index is 2.15. The molecule has 35 heavy (non-hydrogen) atoms. The summed E-state index contributed by atoms with van der Waals surface area (Å²) >= 11 is 0. The Labute approximate surface area is 201 Å². The average Bonchev–Trinajstić information content (AvgIpc) is 2.87. The molecule has 0 aliphatic heterocycles. The van der Waals surface area contributed by atoms with Gasteiger partial charge < -0.3 is 24.7 Å². The number of carbonyl (C=O) groups excluding carboxylic acids is 1. The van der Waals surface area contributed by atoms with Gasteiger partial charge in [-0.2, -0.15) is 0 Å². The number of anilines is 2. The molecule has 11 nitrogen and oxygen atoms in total. The Kier molecular flexibility index (Phi) is 8.16. The molecule has 0 atom stereocenters. The second-order valence-electron chi connectivity index (χ2n) is 7.43. The first-order chi connectivity index (χ1) is 16.9. The Morgan fingerprint density at radius 2 is 1.63 bits per heavy atom. The summed E-state index contributed by atoms with van der Waals surface area (Å²) in [6, 6.07) is 12.1. The molecule has 1 aromatic heterocycles. The number of hydrogen-bond acceptors (Lipinski definition) is 8. The number of nitrogens with zero attached hydrogens (tertiary/aromatic N) is 2. The van der Waals surface area contributed by atoms with E-state index < -0.39 is 17.2 Å². The maximum atomic E-state index is 13.7. The van der Waals surface area contributed by atoms with Crippen molar-refractivity contribution in [3.05, 3.63) is 74.4 Å². The fourth-order valence-corrected chi connectivity index (χ4v) is 3.62. The van der Waals surface area contributed by atoms with Gasteiger partial charge in [-0.25, -0.2) is 4.79 Å². The van der Waals surface area contributed by atoms with Crippen LogP contribution in [0.15, 0.2) is 52.1 Å². The maximum Gasteiger partial charge on any atom is 0.330 e. The predicted molar refractivity (Wildman–Crippen MR) is 131 cm³/mol. The molecular weight excluding hydrogens is 456 g/mol. The zero-order valence-electron chi connectivity index (χ0n) is 20.0. The van der Waals surface area contributed by atoms with Gasteiger partial charge in [0, 0.05) is 19.2 Å². The van der Waals surface area contributed by atoms with Gasteiger partial charge in [-0.1, -0.05) is 30.3 Å². The van der Waals surface area contributed by atoms with E-state index in [2.05, 4.69) is 4.98 Å².